The number of para-hydroxylation sites is 1. The monoisotopic (exact) mass is 364 g/mol. The molecule has 1 aromatic carbocycles. The Morgan fingerprint density at radius 3 is 2.08 bits per heavy atom. The molecule has 0 fully saturated rings. The number of rotatable bonds is 15. The zero-order valence-electron chi connectivity index (χ0n) is 16.2. The van der Waals surface area contributed by atoms with Gasteiger partial charge in [-0.05, 0) is 24.3 Å². The Balaban J connectivity index is 1.91. The maximum atomic E-state index is 12.0. The molecule has 142 valence electrons. The average Bonchev–Trinajstić information content (AvgIpc) is 2.63. The molecule has 1 rings (SSSR count). The summed E-state index contributed by atoms with van der Waals surface area (Å²) in [5, 5.41) is 0. The van der Waals surface area contributed by atoms with Crippen molar-refractivity contribution in [2.24, 2.45) is 5.92 Å². The second-order valence-electron chi connectivity index (χ2n) is 6.89. The summed E-state index contributed by atoms with van der Waals surface area (Å²) >= 11 is 1.88. The average molecular weight is 365 g/mol. The Bertz CT molecular complexity index is 433. The lowest BCUT2D eigenvalue weighted by molar-refractivity contribution is -0.137. The molecule has 25 heavy (non-hydrogen) atoms. The predicted octanol–water partition coefficient (Wildman–Crippen LogP) is 6.88. The van der Waals surface area contributed by atoms with Crippen LogP contribution in [-0.4, -0.2) is 17.5 Å². The first kappa shape index (κ1) is 22.1. The summed E-state index contributed by atoms with van der Waals surface area (Å²) in [6.45, 7) is 4.22. The van der Waals surface area contributed by atoms with Crippen molar-refractivity contribution in [2.45, 2.75) is 78.1 Å². The molecular formula is C22H36O2S. The van der Waals surface area contributed by atoms with Crippen LogP contribution < -0.4 is 4.74 Å². The second kappa shape index (κ2) is 15.3. The summed E-state index contributed by atoms with van der Waals surface area (Å²) in [5.41, 5.74) is 0. The molecule has 0 aliphatic heterocycles. The lowest BCUT2D eigenvalue weighted by Gasteiger charge is -2.10. The molecule has 0 amide bonds. The van der Waals surface area contributed by atoms with Gasteiger partial charge in [0.05, 0.1) is 5.92 Å². The Kier molecular flexibility index (Phi) is 13.5. The molecule has 0 aromatic heterocycles. The van der Waals surface area contributed by atoms with Gasteiger partial charge in [0.2, 0.25) is 0 Å². The molecule has 0 radical (unpaired) electrons. The van der Waals surface area contributed by atoms with Crippen LogP contribution in [-0.2, 0) is 4.79 Å². The van der Waals surface area contributed by atoms with Crippen molar-refractivity contribution < 1.29 is 9.53 Å². The van der Waals surface area contributed by atoms with E-state index in [0.717, 1.165) is 11.5 Å². The molecule has 0 saturated heterocycles. The van der Waals surface area contributed by atoms with Crippen molar-refractivity contribution in [1.29, 1.82) is 0 Å². The summed E-state index contributed by atoms with van der Waals surface area (Å²) in [7, 11) is 0. The van der Waals surface area contributed by atoms with Gasteiger partial charge in [-0.3, -0.25) is 4.79 Å². The van der Waals surface area contributed by atoms with E-state index in [4.69, 9.17) is 4.74 Å². The summed E-state index contributed by atoms with van der Waals surface area (Å²) < 4.78 is 5.38. The van der Waals surface area contributed by atoms with E-state index >= 15 is 0 Å². The van der Waals surface area contributed by atoms with Gasteiger partial charge in [0.15, 0.2) is 0 Å². The highest BCUT2D eigenvalue weighted by atomic mass is 32.2. The van der Waals surface area contributed by atoms with E-state index in [1.165, 1.54) is 64.2 Å². The fourth-order valence-corrected chi connectivity index (χ4v) is 3.79. The molecule has 0 aliphatic rings. The van der Waals surface area contributed by atoms with E-state index in [1.54, 1.807) is 0 Å². The van der Waals surface area contributed by atoms with Gasteiger partial charge in [-0.25, -0.2) is 0 Å². The van der Waals surface area contributed by atoms with Gasteiger partial charge >= 0.3 is 5.97 Å². The van der Waals surface area contributed by atoms with E-state index < -0.39 is 0 Å². The molecule has 0 spiro atoms. The van der Waals surface area contributed by atoms with Crippen LogP contribution in [0.25, 0.3) is 0 Å². The number of ether oxygens (including phenoxy) is 1. The lowest BCUT2D eigenvalue weighted by atomic mass is 10.1. The third-order valence-corrected chi connectivity index (χ3v) is 5.69. The summed E-state index contributed by atoms with van der Waals surface area (Å²) in [6.07, 6.45) is 13.7. The third kappa shape index (κ3) is 12.1. The zero-order valence-corrected chi connectivity index (χ0v) is 17.0. The van der Waals surface area contributed by atoms with Crippen LogP contribution in [0, 0.1) is 5.92 Å². The number of esters is 1. The van der Waals surface area contributed by atoms with Crippen LogP contribution >= 0.6 is 11.8 Å². The molecule has 1 unspecified atom stereocenters. The fraction of sp³-hybridized carbons (Fsp3) is 0.682. The van der Waals surface area contributed by atoms with Crippen LogP contribution in [0.1, 0.15) is 78.1 Å². The summed E-state index contributed by atoms with van der Waals surface area (Å²) in [6, 6.07) is 9.33. The number of carbonyl (C=O) groups is 1. The van der Waals surface area contributed by atoms with Crippen LogP contribution in [0.2, 0.25) is 0 Å². The maximum Gasteiger partial charge on any atom is 0.314 e. The van der Waals surface area contributed by atoms with Crippen molar-refractivity contribution in [3.63, 3.8) is 0 Å². The molecule has 0 heterocycles. The first-order valence-electron chi connectivity index (χ1n) is 10.1. The Morgan fingerprint density at radius 2 is 1.48 bits per heavy atom. The first-order valence-corrected chi connectivity index (χ1v) is 11.2. The van der Waals surface area contributed by atoms with Crippen molar-refractivity contribution in [3.05, 3.63) is 30.3 Å². The van der Waals surface area contributed by atoms with E-state index in [1.807, 2.05) is 49.0 Å². The number of thioether (sulfide) groups is 1. The molecule has 0 aliphatic carbocycles. The molecule has 2 nitrogen and oxygen atoms in total. The SMILES string of the molecule is CCCCCCCCCCCCSCC(C)C(=O)Oc1ccccc1. The van der Waals surface area contributed by atoms with Crippen LogP contribution in [0.5, 0.6) is 5.75 Å². The lowest BCUT2D eigenvalue weighted by Crippen LogP contribution is -2.19. The molecule has 3 heteroatoms. The predicted molar refractivity (Wildman–Crippen MR) is 110 cm³/mol. The second-order valence-corrected chi connectivity index (χ2v) is 8.04. The van der Waals surface area contributed by atoms with Gasteiger partial charge in [-0.1, -0.05) is 89.8 Å². The molecule has 0 bridgehead atoms. The molecule has 1 atom stereocenters. The smallest absolute Gasteiger partial charge is 0.314 e. The highest BCUT2D eigenvalue weighted by Gasteiger charge is 2.15. The number of hydrogen-bond donors (Lipinski definition) is 0. The minimum Gasteiger partial charge on any atom is -0.426 e. The van der Waals surface area contributed by atoms with Crippen LogP contribution in [0.4, 0.5) is 0 Å². The third-order valence-electron chi connectivity index (χ3n) is 4.37. The van der Waals surface area contributed by atoms with E-state index in [-0.39, 0.29) is 11.9 Å². The fourth-order valence-electron chi connectivity index (χ4n) is 2.72. The van der Waals surface area contributed by atoms with Gasteiger partial charge in [0.25, 0.3) is 0 Å². The number of carbonyl (C=O) groups excluding carboxylic acids is 1. The molecular weight excluding hydrogens is 328 g/mol. The standard InChI is InChI=1S/C22H36O2S/c1-3-4-5-6-7-8-9-10-11-15-18-25-19-20(2)22(23)24-21-16-13-12-14-17-21/h12-14,16-17,20H,3-11,15,18-19H2,1-2H3. The van der Waals surface area contributed by atoms with Gasteiger partial charge in [0.1, 0.15) is 5.75 Å². The summed E-state index contributed by atoms with van der Waals surface area (Å²) in [5.74, 6) is 2.47. The topological polar surface area (TPSA) is 26.3 Å². The Morgan fingerprint density at radius 1 is 0.920 bits per heavy atom. The largest absolute Gasteiger partial charge is 0.426 e. The zero-order chi connectivity index (χ0) is 18.2. The molecule has 0 N–H and O–H groups in total. The Hall–Kier alpha value is -0.960. The summed E-state index contributed by atoms with van der Waals surface area (Å²) in [4.78, 5) is 12.0. The number of unbranched alkanes of at least 4 members (excludes halogenated alkanes) is 9. The quantitative estimate of drug-likeness (QED) is 0.193. The van der Waals surface area contributed by atoms with Crippen molar-refractivity contribution in [1.82, 2.24) is 0 Å². The minimum atomic E-state index is -0.123. The van der Waals surface area contributed by atoms with Crippen LogP contribution in [0.3, 0.4) is 0 Å². The minimum absolute atomic E-state index is 0.0478. The Labute approximate surface area is 159 Å². The van der Waals surface area contributed by atoms with Gasteiger partial charge < -0.3 is 4.74 Å². The first-order chi connectivity index (χ1) is 12.2. The van der Waals surface area contributed by atoms with Gasteiger partial charge in [0, 0.05) is 5.75 Å². The maximum absolute atomic E-state index is 12.0. The van der Waals surface area contributed by atoms with Crippen molar-refractivity contribution in [2.75, 3.05) is 11.5 Å². The normalized spacial score (nSPS) is 12.1. The highest BCUT2D eigenvalue weighted by molar-refractivity contribution is 7.99. The highest BCUT2D eigenvalue weighted by Crippen LogP contribution is 2.16. The van der Waals surface area contributed by atoms with Crippen LogP contribution in [0.15, 0.2) is 30.3 Å². The molecule has 0 saturated carbocycles. The van der Waals surface area contributed by atoms with Gasteiger partial charge in [-0.15, -0.1) is 0 Å². The van der Waals surface area contributed by atoms with E-state index in [9.17, 15) is 4.79 Å². The van der Waals surface area contributed by atoms with E-state index in [2.05, 4.69) is 6.92 Å². The van der Waals surface area contributed by atoms with Gasteiger partial charge in [-0.2, -0.15) is 11.8 Å². The number of hydrogen-bond acceptors (Lipinski definition) is 3. The molecule has 1 aromatic rings. The van der Waals surface area contributed by atoms with E-state index in [0.29, 0.717) is 5.75 Å². The van der Waals surface area contributed by atoms with Crippen molar-refractivity contribution in [3.8, 4) is 5.75 Å². The number of benzene rings is 1. The van der Waals surface area contributed by atoms with Crippen molar-refractivity contribution >= 4 is 17.7 Å².